The monoisotopic (exact) mass is 288 g/mol. The molecule has 0 unspecified atom stereocenters. The summed E-state index contributed by atoms with van der Waals surface area (Å²) < 4.78 is 0. The molecule has 1 amide bonds. The van der Waals surface area contributed by atoms with Gasteiger partial charge < -0.3 is 15.3 Å². The van der Waals surface area contributed by atoms with E-state index in [1.165, 1.54) is 5.56 Å². The number of fused-ring (bicyclic) bond motifs is 1. The second-order valence-electron chi connectivity index (χ2n) is 6.25. The average Bonchev–Trinajstić information content (AvgIpc) is 2.91. The van der Waals surface area contributed by atoms with Crippen molar-refractivity contribution in [3.8, 4) is 0 Å². The lowest BCUT2D eigenvalue weighted by Crippen LogP contribution is -2.49. The highest BCUT2D eigenvalue weighted by molar-refractivity contribution is 5.87. The van der Waals surface area contributed by atoms with E-state index in [0.717, 1.165) is 5.69 Å². The van der Waals surface area contributed by atoms with E-state index in [1.54, 1.807) is 11.8 Å². The Bertz CT molecular complexity index is 552. The van der Waals surface area contributed by atoms with Gasteiger partial charge in [0.05, 0.1) is 5.41 Å². The van der Waals surface area contributed by atoms with Gasteiger partial charge in [-0.1, -0.05) is 18.2 Å². The van der Waals surface area contributed by atoms with Crippen LogP contribution in [0.5, 0.6) is 0 Å². The van der Waals surface area contributed by atoms with Crippen LogP contribution in [0, 0.1) is 5.41 Å². The van der Waals surface area contributed by atoms with Crippen LogP contribution in [0.2, 0.25) is 0 Å². The smallest absolute Gasteiger partial charge is 0.309 e. The summed E-state index contributed by atoms with van der Waals surface area (Å²) >= 11 is 0. The number of rotatable bonds is 2. The van der Waals surface area contributed by atoms with Gasteiger partial charge in [-0.3, -0.25) is 9.59 Å². The van der Waals surface area contributed by atoms with E-state index in [0.29, 0.717) is 32.4 Å². The third kappa shape index (κ3) is 2.48. The van der Waals surface area contributed by atoms with Gasteiger partial charge in [-0.05, 0) is 31.4 Å². The van der Waals surface area contributed by atoms with Gasteiger partial charge in [0.15, 0.2) is 0 Å². The zero-order valence-corrected chi connectivity index (χ0v) is 12.1. The molecule has 0 saturated carbocycles. The first-order chi connectivity index (χ1) is 9.99. The van der Waals surface area contributed by atoms with Gasteiger partial charge in [0, 0.05) is 25.2 Å². The largest absolute Gasteiger partial charge is 0.481 e. The van der Waals surface area contributed by atoms with E-state index >= 15 is 0 Å². The molecule has 1 atom stereocenters. The maximum Gasteiger partial charge on any atom is 0.309 e. The van der Waals surface area contributed by atoms with E-state index in [9.17, 15) is 14.7 Å². The van der Waals surface area contributed by atoms with Gasteiger partial charge >= 0.3 is 5.97 Å². The Morgan fingerprint density at radius 3 is 2.57 bits per heavy atom. The molecule has 2 heterocycles. The lowest BCUT2D eigenvalue weighted by Gasteiger charge is -2.37. The fourth-order valence-electron chi connectivity index (χ4n) is 3.10. The number of carbonyl (C=O) groups excluding carboxylic acids is 1. The molecule has 0 bridgehead atoms. The number of hydrogen-bond acceptors (Lipinski definition) is 3. The summed E-state index contributed by atoms with van der Waals surface area (Å²) in [5.74, 6) is -0.681. The van der Waals surface area contributed by atoms with Crippen molar-refractivity contribution in [2.24, 2.45) is 5.41 Å². The van der Waals surface area contributed by atoms with Crippen molar-refractivity contribution in [1.82, 2.24) is 4.90 Å². The molecule has 1 aromatic carbocycles. The highest BCUT2D eigenvalue weighted by Crippen LogP contribution is 2.32. The molecule has 21 heavy (non-hydrogen) atoms. The number of carboxylic acid groups (broad SMARTS) is 1. The number of nitrogens with zero attached hydrogens (tertiary/aromatic N) is 1. The molecule has 1 aromatic rings. The topological polar surface area (TPSA) is 69.6 Å². The van der Waals surface area contributed by atoms with Crippen molar-refractivity contribution in [3.05, 3.63) is 29.8 Å². The molecular formula is C16H20N2O3. The molecule has 2 aliphatic heterocycles. The quantitative estimate of drug-likeness (QED) is 0.869. The average molecular weight is 288 g/mol. The fraction of sp³-hybridized carbons (Fsp3) is 0.500. The number of carboxylic acids is 1. The number of aliphatic carboxylic acids is 1. The number of benzene rings is 1. The zero-order valence-electron chi connectivity index (χ0n) is 12.1. The minimum atomic E-state index is -0.763. The first-order valence-corrected chi connectivity index (χ1v) is 7.36. The van der Waals surface area contributed by atoms with Crippen LogP contribution in [0.3, 0.4) is 0 Å². The van der Waals surface area contributed by atoms with E-state index < -0.39 is 11.4 Å². The molecule has 0 aliphatic carbocycles. The van der Waals surface area contributed by atoms with Crippen LogP contribution in [0.4, 0.5) is 5.69 Å². The number of piperidine rings is 1. The standard InChI is InChI=1S/C16H20N2O3/c1-16(15(20)21)6-8-18(9-7-16)14(19)13-10-11-4-2-3-5-12(11)17-13/h2-5,13,17H,6-10H2,1H3,(H,20,21)/t13-/m0/s1. The lowest BCUT2D eigenvalue weighted by molar-refractivity contribution is -0.153. The SMILES string of the molecule is CC1(C(=O)O)CCN(C(=O)[C@@H]2Cc3ccccc3N2)CC1. The molecule has 112 valence electrons. The second-order valence-corrected chi connectivity index (χ2v) is 6.25. The van der Waals surface area contributed by atoms with Crippen molar-refractivity contribution in [2.45, 2.75) is 32.2 Å². The number of likely N-dealkylation sites (tertiary alicyclic amines) is 1. The number of anilines is 1. The fourth-order valence-corrected chi connectivity index (χ4v) is 3.10. The highest BCUT2D eigenvalue weighted by atomic mass is 16.4. The maximum absolute atomic E-state index is 12.6. The molecule has 0 radical (unpaired) electrons. The Kier molecular flexibility index (Phi) is 3.35. The summed E-state index contributed by atoms with van der Waals surface area (Å²) in [6.07, 6.45) is 1.75. The summed E-state index contributed by atoms with van der Waals surface area (Å²) in [7, 11) is 0. The Morgan fingerprint density at radius 2 is 1.95 bits per heavy atom. The number of hydrogen-bond donors (Lipinski definition) is 2. The van der Waals surface area contributed by atoms with Crippen LogP contribution in [-0.4, -0.2) is 41.0 Å². The molecule has 0 aromatic heterocycles. The molecule has 2 aliphatic rings. The van der Waals surface area contributed by atoms with Gasteiger partial charge in [0.25, 0.3) is 0 Å². The Hall–Kier alpha value is -2.04. The van der Waals surface area contributed by atoms with Gasteiger partial charge in [-0.2, -0.15) is 0 Å². The third-order valence-electron chi connectivity index (χ3n) is 4.76. The van der Waals surface area contributed by atoms with Crippen LogP contribution < -0.4 is 5.32 Å². The second kappa shape index (κ2) is 5.06. The van der Waals surface area contributed by atoms with Crippen LogP contribution in [-0.2, 0) is 16.0 Å². The number of para-hydroxylation sites is 1. The van der Waals surface area contributed by atoms with Crippen molar-refractivity contribution in [2.75, 3.05) is 18.4 Å². The predicted octanol–water partition coefficient (Wildman–Crippen LogP) is 1.74. The Labute approximate surface area is 123 Å². The van der Waals surface area contributed by atoms with Crippen molar-refractivity contribution in [1.29, 1.82) is 0 Å². The zero-order chi connectivity index (χ0) is 15.0. The number of amides is 1. The molecular weight excluding hydrogens is 268 g/mol. The van der Waals surface area contributed by atoms with E-state index in [-0.39, 0.29) is 11.9 Å². The van der Waals surface area contributed by atoms with E-state index in [2.05, 4.69) is 5.32 Å². The molecule has 2 N–H and O–H groups in total. The minimum Gasteiger partial charge on any atom is -0.481 e. The van der Waals surface area contributed by atoms with Gasteiger partial charge in [0.1, 0.15) is 6.04 Å². The first kappa shape index (κ1) is 13.9. The van der Waals surface area contributed by atoms with Crippen LogP contribution in [0.25, 0.3) is 0 Å². The summed E-state index contributed by atoms with van der Waals surface area (Å²) in [6.45, 7) is 2.81. The van der Waals surface area contributed by atoms with Crippen molar-refractivity contribution in [3.63, 3.8) is 0 Å². The van der Waals surface area contributed by atoms with Gasteiger partial charge in [-0.15, -0.1) is 0 Å². The van der Waals surface area contributed by atoms with E-state index in [4.69, 9.17) is 0 Å². The predicted molar refractivity (Wildman–Crippen MR) is 79.1 cm³/mol. The number of nitrogens with one attached hydrogen (secondary N) is 1. The van der Waals surface area contributed by atoms with Gasteiger partial charge in [0.2, 0.25) is 5.91 Å². The Morgan fingerprint density at radius 1 is 1.29 bits per heavy atom. The van der Waals surface area contributed by atoms with Crippen LogP contribution >= 0.6 is 0 Å². The van der Waals surface area contributed by atoms with E-state index in [1.807, 2.05) is 24.3 Å². The minimum absolute atomic E-state index is 0.0821. The molecule has 1 fully saturated rings. The van der Waals surface area contributed by atoms with Gasteiger partial charge in [-0.25, -0.2) is 0 Å². The molecule has 1 saturated heterocycles. The Balaban J connectivity index is 1.63. The number of carbonyl (C=O) groups is 2. The highest BCUT2D eigenvalue weighted by Gasteiger charge is 2.39. The molecule has 5 nitrogen and oxygen atoms in total. The first-order valence-electron chi connectivity index (χ1n) is 7.36. The maximum atomic E-state index is 12.6. The molecule has 5 heteroatoms. The lowest BCUT2D eigenvalue weighted by atomic mass is 9.80. The normalized spacial score (nSPS) is 23.3. The van der Waals surface area contributed by atoms with Crippen LogP contribution in [0.1, 0.15) is 25.3 Å². The summed E-state index contributed by atoms with van der Waals surface area (Å²) in [5, 5.41) is 12.5. The molecule has 3 rings (SSSR count). The molecule has 0 spiro atoms. The van der Waals surface area contributed by atoms with Crippen LogP contribution in [0.15, 0.2) is 24.3 Å². The summed E-state index contributed by atoms with van der Waals surface area (Å²) in [4.78, 5) is 25.6. The van der Waals surface area contributed by atoms with Crippen molar-refractivity contribution < 1.29 is 14.7 Å². The summed E-state index contributed by atoms with van der Waals surface area (Å²) in [5.41, 5.74) is 1.51. The third-order valence-corrected chi connectivity index (χ3v) is 4.76. The summed E-state index contributed by atoms with van der Waals surface area (Å²) in [6, 6.07) is 7.74. The van der Waals surface area contributed by atoms with Crippen molar-refractivity contribution >= 4 is 17.6 Å².